The van der Waals surface area contributed by atoms with Gasteiger partial charge in [0.25, 0.3) is 5.69 Å². The molecular weight excluding hydrogens is 256 g/mol. The van der Waals surface area contributed by atoms with Gasteiger partial charge in [-0.25, -0.2) is 0 Å². The minimum Gasteiger partial charge on any atom is -0.392 e. The summed E-state index contributed by atoms with van der Waals surface area (Å²) < 4.78 is 0. The van der Waals surface area contributed by atoms with Crippen molar-refractivity contribution in [3.8, 4) is 0 Å². The van der Waals surface area contributed by atoms with E-state index in [9.17, 15) is 10.1 Å². The van der Waals surface area contributed by atoms with E-state index in [1.165, 1.54) is 6.07 Å². The van der Waals surface area contributed by atoms with Crippen molar-refractivity contribution in [2.45, 2.75) is 19.7 Å². The molecule has 0 aromatic heterocycles. The van der Waals surface area contributed by atoms with Crippen LogP contribution in [0.15, 0.2) is 48.5 Å². The summed E-state index contributed by atoms with van der Waals surface area (Å²) in [6, 6.07) is 14.3. The van der Waals surface area contributed by atoms with Crippen LogP contribution in [0.5, 0.6) is 0 Å². The number of hydrogen-bond acceptors (Lipinski definition) is 4. The van der Waals surface area contributed by atoms with Crippen LogP contribution in [0, 0.1) is 10.1 Å². The first-order valence-electron chi connectivity index (χ1n) is 6.32. The highest BCUT2D eigenvalue weighted by atomic mass is 16.6. The standard InChI is InChI=1S/C15H16N2O3/c18-11-13-6-4-12(5-7-13)9-16-10-14-2-1-3-15(8-14)17(19)20/h1-8,16,18H,9-11H2. The van der Waals surface area contributed by atoms with Gasteiger partial charge in [-0.05, 0) is 16.7 Å². The largest absolute Gasteiger partial charge is 0.392 e. The Balaban J connectivity index is 1.88. The van der Waals surface area contributed by atoms with E-state index in [-0.39, 0.29) is 12.3 Å². The lowest BCUT2D eigenvalue weighted by molar-refractivity contribution is -0.384. The number of nitrogens with one attached hydrogen (secondary N) is 1. The van der Waals surface area contributed by atoms with Gasteiger partial charge in [-0.15, -0.1) is 0 Å². The molecule has 0 amide bonds. The molecule has 0 aliphatic rings. The Labute approximate surface area is 117 Å². The van der Waals surface area contributed by atoms with E-state index in [1.54, 1.807) is 12.1 Å². The van der Waals surface area contributed by atoms with Crippen molar-refractivity contribution in [1.82, 2.24) is 5.32 Å². The van der Waals surface area contributed by atoms with Crippen molar-refractivity contribution in [3.05, 3.63) is 75.3 Å². The highest BCUT2D eigenvalue weighted by molar-refractivity contribution is 5.34. The molecule has 20 heavy (non-hydrogen) atoms. The van der Waals surface area contributed by atoms with Crippen molar-refractivity contribution in [2.75, 3.05) is 0 Å². The minimum atomic E-state index is -0.392. The van der Waals surface area contributed by atoms with Gasteiger partial charge in [0.05, 0.1) is 11.5 Å². The second-order valence-corrected chi connectivity index (χ2v) is 4.51. The minimum absolute atomic E-state index is 0.0430. The molecule has 0 bridgehead atoms. The van der Waals surface area contributed by atoms with Crippen molar-refractivity contribution in [3.63, 3.8) is 0 Å². The molecule has 5 nitrogen and oxygen atoms in total. The Morgan fingerprint density at radius 3 is 2.30 bits per heavy atom. The third-order valence-corrected chi connectivity index (χ3v) is 2.99. The van der Waals surface area contributed by atoms with Crippen molar-refractivity contribution >= 4 is 5.69 Å². The van der Waals surface area contributed by atoms with Gasteiger partial charge in [-0.2, -0.15) is 0 Å². The van der Waals surface area contributed by atoms with E-state index in [4.69, 9.17) is 5.11 Å². The number of benzene rings is 2. The molecule has 0 spiro atoms. The lowest BCUT2D eigenvalue weighted by Crippen LogP contribution is -2.12. The van der Waals surface area contributed by atoms with Gasteiger partial charge in [0.2, 0.25) is 0 Å². The number of nitro groups is 1. The molecular formula is C15H16N2O3. The van der Waals surface area contributed by atoms with E-state index in [0.29, 0.717) is 13.1 Å². The van der Waals surface area contributed by atoms with Crippen LogP contribution in [0.3, 0.4) is 0 Å². The second kappa shape index (κ2) is 6.79. The molecule has 2 aromatic carbocycles. The lowest BCUT2D eigenvalue weighted by Gasteiger charge is -2.06. The number of nitrogens with zero attached hydrogens (tertiary/aromatic N) is 1. The van der Waals surface area contributed by atoms with Gasteiger partial charge in [-0.1, -0.05) is 36.4 Å². The summed E-state index contributed by atoms with van der Waals surface area (Å²) in [6.07, 6.45) is 0. The summed E-state index contributed by atoms with van der Waals surface area (Å²) >= 11 is 0. The van der Waals surface area contributed by atoms with Crippen LogP contribution < -0.4 is 5.32 Å². The SMILES string of the molecule is O=[N+]([O-])c1cccc(CNCc2ccc(CO)cc2)c1. The van der Waals surface area contributed by atoms with E-state index in [2.05, 4.69) is 5.32 Å². The zero-order valence-corrected chi connectivity index (χ0v) is 11.0. The molecule has 0 aliphatic heterocycles. The summed E-state index contributed by atoms with van der Waals surface area (Å²) in [5.41, 5.74) is 2.97. The molecule has 0 saturated heterocycles. The number of aliphatic hydroxyl groups excluding tert-OH is 1. The molecule has 2 aromatic rings. The van der Waals surface area contributed by atoms with E-state index in [1.807, 2.05) is 30.3 Å². The third-order valence-electron chi connectivity index (χ3n) is 2.99. The number of aliphatic hydroxyl groups is 1. The predicted octanol–water partition coefficient (Wildman–Crippen LogP) is 2.38. The molecule has 0 radical (unpaired) electrons. The van der Waals surface area contributed by atoms with Crippen LogP contribution >= 0.6 is 0 Å². The summed E-state index contributed by atoms with van der Waals surface area (Å²) in [4.78, 5) is 10.3. The van der Waals surface area contributed by atoms with Crippen LogP contribution in [0.25, 0.3) is 0 Å². The first-order valence-corrected chi connectivity index (χ1v) is 6.32. The zero-order valence-electron chi connectivity index (χ0n) is 11.0. The fourth-order valence-electron chi connectivity index (χ4n) is 1.89. The fraction of sp³-hybridized carbons (Fsp3) is 0.200. The van der Waals surface area contributed by atoms with E-state index < -0.39 is 4.92 Å². The lowest BCUT2D eigenvalue weighted by atomic mass is 10.1. The molecule has 0 unspecified atom stereocenters. The van der Waals surface area contributed by atoms with Gasteiger partial charge in [-0.3, -0.25) is 10.1 Å². The quantitative estimate of drug-likeness (QED) is 0.625. The van der Waals surface area contributed by atoms with Crippen LogP contribution in [-0.2, 0) is 19.7 Å². The monoisotopic (exact) mass is 272 g/mol. The van der Waals surface area contributed by atoms with Crippen LogP contribution in [0.1, 0.15) is 16.7 Å². The molecule has 0 saturated carbocycles. The van der Waals surface area contributed by atoms with Gasteiger partial charge in [0, 0.05) is 25.2 Å². The average Bonchev–Trinajstić information content (AvgIpc) is 2.48. The third kappa shape index (κ3) is 3.88. The van der Waals surface area contributed by atoms with E-state index in [0.717, 1.165) is 16.7 Å². The topological polar surface area (TPSA) is 75.4 Å². The average molecular weight is 272 g/mol. The molecule has 0 fully saturated rings. The zero-order chi connectivity index (χ0) is 14.4. The molecule has 104 valence electrons. The fourth-order valence-corrected chi connectivity index (χ4v) is 1.89. The highest BCUT2D eigenvalue weighted by Crippen LogP contribution is 2.13. The van der Waals surface area contributed by atoms with Crippen LogP contribution in [0.4, 0.5) is 5.69 Å². The summed E-state index contributed by atoms with van der Waals surface area (Å²) in [5, 5.41) is 22.9. The second-order valence-electron chi connectivity index (χ2n) is 4.51. The summed E-state index contributed by atoms with van der Waals surface area (Å²) in [6.45, 7) is 1.29. The van der Waals surface area contributed by atoms with Gasteiger partial charge in [0.15, 0.2) is 0 Å². The Kier molecular flexibility index (Phi) is 4.81. The maximum atomic E-state index is 10.7. The van der Waals surface area contributed by atoms with Gasteiger partial charge >= 0.3 is 0 Å². The van der Waals surface area contributed by atoms with E-state index >= 15 is 0 Å². The predicted molar refractivity (Wildman–Crippen MR) is 76.0 cm³/mol. The molecule has 2 N–H and O–H groups in total. The molecule has 2 rings (SSSR count). The maximum Gasteiger partial charge on any atom is 0.269 e. The Morgan fingerprint density at radius 2 is 1.65 bits per heavy atom. The first-order chi connectivity index (χ1) is 9.69. The number of hydrogen-bond donors (Lipinski definition) is 2. The van der Waals surface area contributed by atoms with Crippen molar-refractivity contribution in [1.29, 1.82) is 0 Å². The molecule has 0 atom stereocenters. The van der Waals surface area contributed by atoms with Gasteiger partial charge < -0.3 is 10.4 Å². The van der Waals surface area contributed by atoms with Crippen LogP contribution in [0.2, 0.25) is 0 Å². The first kappa shape index (κ1) is 14.2. The van der Waals surface area contributed by atoms with Crippen molar-refractivity contribution < 1.29 is 10.0 Å². The summed E-state index contributed by atoms with van der Waals surface area (Å²) in [7, 11) is 0. The number of non-ortho nitro benzene ring substituents is 1. The number of nitro benzene ring substituents is 1. The van der Waals surface area contributed by atoms with Crippen LogP contribution in [-0.4, -0.2) is 10.0 Å². The maximum absolute atomic E-state index is 10.7. The molecule has 0 heterocycles. The molecule has 0 aliphatic carbocycles. The Morgan fingerprint density at radius 1 is 1.00 bits per heavy atom. The highest BCUT2D eigenvalue weighted by Gasteiger charge is 2.05. The normalized spacial score (nSPS) is 10.4. The summed E-state index contributed by atoms with van der Waals surface area (Å²) in [5.74, 6) is 0. The smallest absolute Gasteiger partial charge is 0.269 e. The van der Waals surface area contributed by atoms with Gasteiger partial charge in [0.1, 0.15) is 0 Å². The van der Waals surface area contributed by atoms with Crippen molar-refractivity contribution in [2.24, 2.45) is 0 Å². The molecule has 5 heteroatoms. The Hall–Kier alpha value is -2.24. The Bertz CT molecular complexity index is 582. The number of rotatable bonds is 6.